The minimum absolute atomic E-state index is 0.222. The van der Waals surface area contributed by atoms with Crippen molar-refractivity contribution in [3.8, 4) is 22.3 Å². The van der Waals surface area contributed by atoms with Crippen molar-refractivity contribution >= 4 is 0 Å². The van der Waals surface area contributed by atoms with E-state index >= 15 is 0 Å². The molecule has 0 amide bonds. The zero-order valence-electron chi connectivity index (χ0n) is 16.9. The van der Waals surface area contributed by atoms with E-state index in [2.05, 4.69) is 55.5 Å². The summed E-state index contributed by atoms with van der Waals surface area (Å²) in [7, 11) is 0. The molecule has 4 aromatic carbocycles. The summed E-state index contributed by atoms with van der Waals surface area (Å²) in [4.78, 5) is 0. The van der Waals surface area contributed by atoms with Crippen molar-refractivity contribution in [2.24, 2.45) is 0 Å². The fourth-order valence-corrected chi connectivity index (χ4v) is 3.09. The Morgan fingerprint density at radius 2 is 0.900 bits per heavy atom. The summed E-state index contributed by atoms with van der Waals surface area (Å²) in [6.45, 7) is 4.01. The lowest BCUT2D eigenvalue weighted by molar-refractivity contribution is -0.137. The first-order valence-corrected chi connectivity index (χ1v) is 9.70. The molecule has 0 radical (unpaired) electrons. The Morgan fingerprint density at radius 3 is 1.43 bits per heavy atom. The van der Waals surface area contributed by atoms with E-state index in [1.54, 1.807) is 18.2 Å². The molecule has 0 aromatic heterocycles. The van der Waals surface area contributed by atoms with E-state index in [-0.39, 0.29) is 5.56 Å². The van der Waals surface area contributed by atoms with Gasteiger partial charge in [-0.3, -0.25) is 0 Å². The lowest BCUT2D eigenvalue weighted by Gasteiger charge is -2.12. The molecule has 152 valence electrons. The molecule has 0 saturated heterocycles. The third-order valence-corrected chi connectivity index (χ3v) is 4.75. The second-order valence-corrected chi connectivity index (χ2v) is 7.14. The largest absolute Gasteiger partial charge is 0.417 e. The van der Waals surface area contributed by atoms with E-state index in [4.69, 9.17) is 0 Å². The summed E-state index contributed by atoms with van der Waals surface area (Å²) in [5.41, 5.74) is 5.11. The smallest absolute Gasteiger partial charge is 0.166 e. The summed E-state index contributed by atoms with van der Waals surface area (Å²) >= 11 is 0. The van der Waals surface area contributed by atoms with E-state index < -0.39 is 11.7 Å². The molecule has 0 spiro atoms. The van der Waals surface area contributed by atoms with E-state index in [1.807, 2.05) is 25.1 Å². The van der Waals surface area contributed by atoms with Crippen molar-refractivity contribution in [3.63, 3.8) is 0 Å². The average Bonchev–Trinajstić information content (AvgIpc) is 2.75. The zero-order chi connectivity index (χ0) is 21.6. The predicted molar refractivity (Wildman–Crippen MR) is 118 cm³/mol. The Labute approximate surface area is 175 Å². The quantitative estimate of drug-likeness (QED) is 0.315. The van der Waals surface area contributed by atoms with Gasteiger partial charge in [0.25, 0.3) is 0 Å². The molecule has 0 aliphatic heterocycles. The molecule has 0 bridgehead atoms. The van der Waals surface area contributed by atoms with Crippen molar-refractivity contribution in [3.05, 3.63) is 120 Å². The summed E-state index contributed by atoms with van der Waals surface area (Å²) < 4.78 is 38.4. The number of alkyl halides is 3. The van der Waals surface area contributed by atoms with Crippen LogP contribution in [0.15, 0.2) is 103 Å². The third-order valence-electron chi connectivity index (χ3n) is 4.75. The van der Waals surface area contributed by atoms with Crippen molar-refractivity contribution < 1.29 is 13.2 Å². The van der Waals surface area contributed by atoms with Crippen LogP contribution in [0, 0.1) is 13.8 Å². The van der Waals surface area contributed by atoms with Crippen LogP contribution in [0.4, 0.5) is 13.2 Å². The lowest BCUT2D eigenvalue weighted by atomic mass is 9.98. The highest BCUT2D eigenvalue weighted by Crippen LogP contribution is 2.36. The van der Waals surface area contributed by atoms with Gasteiger partial charge in [-0.25, -0.2) is 0 Å². The molecule has 30 heavy (non-hydrogen) atoms. The van der Waals surface area contributed by atoms with Crippen molar-refractivity contribution in [1.29, 1.82) is 0 Å². The van der Waals surface area contributed by atoms with Gasteiger partial charge in [-0.1, -0.05) is 108 Å². The summed E-state index contributed by atoms with van der Waals surface area (Å²) in [5.74, 6) is 0. The molecule has 0 fully saturated rings. The van der Waals surface area contributed by atoms with E-state index in [1.165, 1.54) is 28.8 Å². The number of benzene rings is 4. The molecule has 0 aliphatic carbocycles. The van der Waals surface area contributed by atoms with Crippen molar-refractivity contribution in [1.82, 2.24) is 0 Å². The fraction of sp³-hybridized carbons (Fsp3) is 0.111. The van der Waals surface area contributed by atoms with Gasteiger partial charge >= 0.3 is 6.18 Å². The lowest BCUT2D eigenvalue weighted by Crippen LogP contribution is -2.06. The van der Waals surface area contributed by atoms with Crippen LogP contribution in [0.1, 0.15) is 16.7 Å². The highest BCUT2D eigenvalue weighted by atomic mass is 19.4. The van der Waals surface area contributed by atoms with Gasteiger partial charge in [-0.15, -0.1) is 0 Å². The van der Waals surface area contributed by atoms with Crippen LogP contribution in [-0.4, -0.2) is 0 Å². The second kappa shape index (κ2) is 9.45. The number of aryl methyl sites for hydroxylation is 2. The van der Waals surface area contributed by atoms with Crippen molar-refractivity contribution in [2.45, 2.75) is 20.0 Å². The minimum atomic E-state index is -4.32. The maximum atomic E-state index is 12.8. The number of hydrogen-bond donors (Lipinski definition) is 0. The molecule has 0 unspecified atom stereocenters. The number of hydrogen-bond acceptors (Lipinski definition) is 0. The van der Waals surface area contributed by atoms with Gasteiger partial charge in [-0.2, -0.15) is 13.2 Å². The van der Waals surface area contributed by atoms with Gasteiger partial charge in [0.15, 0.2) is 0 Å². The Bertz CT molecular complexity index is 1060. The minimum Gasteiger partial charge on any atom is -0.166 e. The van der Waals surface area contributed by atoms with Gasteiger partial charge in [-0.05, 0) is 42.2 Å². The molecule has 4 aromatic rings. The number of rotatable bonds is 2. The Hall–Kier alpha value is -3.33. The van der Waals surface area contributed by atoms with E-state index in [0.717, 1.165) is 11.6 Å². The van der Waals surface area contributed by atoms with E-state index in [9.17, 15) is 13.2 Å². The molecular formula is C27H23F3. The number of halogens is 3. The first-order valence-electron chi connectivity index (χ1n) is 9.70. The fourth-order valence-electron chi connectivity index (χ4n) is 3.09. The molecule has 0 N–H and O–H groups in total. The van der Waals surface area contributed by atoms with Crippen LogP contribution in [0.3, 0.4) is 0 Å². The van der Waals surface area contributed by atoms with Gasteiger partial charge in [0.2, 0.25) is 0 Å². The average molecular weight is 404 g/mol. The highest BCUT2D eigenvalue weighted by Gasteiger charge is 2.33. The monoisotopic (exact) mass is 404 g/mol. The Kier molecular flexibility index (Phi) is 6.73. The Balaban J connectivity index is 0.000000177. The molecule has 0 aliphatic rings. The second-order valence-electron chi connectivity index (χ2n) is 7.14. The molecule has 0 saturated carbocycles. The van der Waals surface area contributed by atoms with Gasteiger partial charge in [0.05, 0.1) is 5.56 Å². The van der Waals surface area contributed by atoms with Gasteiger partial charge in [0.1, 0.15) is 0 Å². The molecule has 3 heteroatoms. The summed E-state index contributed by atoms with van der Waals surface area (Å²) in [6.07, 6.45) is -4.32. The first kappa shape index (κ1) is 21.4. The summed E-state index contributed by atoms with van der Waals surface area (Å²) in [5, 5.41) is 0. The molecule has 0 nitrogen and oxygen atoms in total. The molecular weight excluding hydrogens is 381 g/mol. The van der Waals surface area contributed by atoms with Crippen LogP contribution in [0.5, 0.6) is 0 Å². The van der Waals surface area contributed by atoms with E-state index in [0.29, 0.717) is 5.56 Å². The standard InChI is InChI=1S/C14H11F3.C13H12/c1-10-6-8-11(9-7-10)12-4-2-3-5-13(12)14(15,16)17;1-11-7-9-13(10-8-11)12-5-3-2-4-6-12/h2-9H,1H3;2-10H,1H3. The first-order chi connectivity index (χ1) is 14.3. The molecule has 4 rings (SSSR count). The zero-order valence-corrected chi connectivity index (χ0v) is 16.9. The molecule has 0 atom stereocenters. The van der Waals surface area contributed by atoms with Crippen LogP contribution in [-0.2, 0) is 6.18 Å². The van der Waals surface area contributed by atoms with Crippen LogP contribution in [0.25, 0.3) is 22.3 Å². The Morgan fingerprint density at radius 1 is 0.467 bits per heavy atom. The third kappa shape index (κ3) is 5.60. The van der Waals surface area contributed by atoms with Crippen LogP contribution in [0.2, 0.25) is 0 Å². The maximum absolute atomic E-state index is 12.8. The van der Waals surface area contributed by atoms with Gasteiger partial charge < -0.3 is 0 Å². The normalized spacial score (nSPS) is 10.8. The topological polar surface area (TPSA) is 0 Å². The maximum Gasteiger partial charge on any atom is 0.417 e. The summed E-state index contributed by atoms with van der Waals surface area (Å²) in [6, 6.07) is 31.7. The predicted octanol–water partition coefficient (Wildman–Crippen LogP) is 8.34. The van der Waals surface area contributed by atoms with Crippen LogP contribution < -0.4 is 0 Å². The van der Waals surface area contributed by atoms with Gasteiger partial charge in [0, 0.05) is 0 Å². The SMILES string of the molecule is Cc1ccc(-c2ccccc2)cc1.Cc1ccc(-c2ccccc2C(F)(F)F)cc1. The van der Waals surface area contributed by atoms with Crippen LogP contribution >= 0.6 is 0 Å². The highest BCUT2D eigenvalue weighted by molar-refractivity contribution is 5.68. The van der Waals surface area contributed by atoms with Crippen molar-refractivity contribution in [2.75, 3.05) is 0 Å². The molecule has 0 heterocycles.